The highest BCUT2D eigenvalue weighted by atomic mass is 32.2. The van der Waals surface area contributed by atoms with Crippen LogP contribution in [0.3, 0.4) is 0 Å². The maximum atomic E-state index is 11.5. The SMILES string of the molecule is COc1ccc(/C(C)=N\Nc2nc(C)cc(=O)[nH]2)cc1CSc1ncccn1. The third kappa shape index (κ3) is 5.17. The fourth-order valence-electron chi connectivity index (χ4n) is 2.45. The molecule has 0 fully saturated rings. The number of methoxy groups -OCH3 is 1. The minimum atomic E-state index is -0.227. The summed E-state index contributed by atoms with van der Waals surface area (Å²) in [4.78, 5) is 26.8. The second kappa shape index (κ2) is 9.14. The van der Waals surface area contributed by atoms with E-state index in [2.05, 4.69) is 30.5 Å². The van der Waals surface area contributed by atoms with Gasteiger partial charge in [-0.2, -0.15) is 5.10 Å². The first-order chi connectivity index (χ1) is 13.5. The smallest absolute Gasteiger partial charge is 0.252 e. The molecular weight excluding hydrogens is 376 g/mol. The van der Waals surface area contributed by atoms with Crippen LogP contribution in [-0.4, -0.2) is 32.8 Å². The van der Waals surface area contributed by atoms with Crippen LogP contribution in [0.5, 0.6) is 5.75 Å². The lowest BCUT2D eigenvalue weighted by atomic mass is 10.1. The average Bonchev–Trinajstić information content (AvgIpc) is 2.70. The summed E-state index contributed by atoms with van der Waals surface area (Å²) < 4.78 is 5.46. The van der Waals surface area contributed by atoms with Gasteiger partial charge in [-0.15, -0.1) is 0 Å². The number of rotatable bonds is 7. The van der Waals surface area contributed by atoms with E-state index in [1.54, 1.807) is 32.5 Å². The molecule has 3 aromatic rings. The van der Waals surface area contributed by atoms with E-state index in [0.717, 1.165) is 22.6 Å². The van der Waals surface area contributed by atoms with Crippen LogP contribution >= 0.6 is 11.8 Å². The molecule has 0 atom stereocenters. The molecule has 0 radical (unpaired) electrons. The maximum Gasteiger partial charge on any atom is 0.252 e. The van der Waals surface area contributed by atoms with Crippen molar-refractivity contribution in [3.05, 3.63) is 69.9 Å². The van der Waals surface area contributed by atoms with Gasteiger partial charge in [0, 0.05) is 35.5 Å². The molecule has 3 rings (SSSR count). The van der Waals surface area contributed by atoms with Crippen molar-refractivity contribution in [2.45, 2.75) is 24.8 Å². The Hall–Kier alpha value is -3.20. The topological polar surface area (TPSA) is 105 Å². The maximum absolute atomic E-state index is 11.5. The molecule has 28 heavy (non-hydrogen) atoms. The Balaban J connectivity index is 1.78. The van der Waals surface area contributed by atoms with E-state index >= 15 is 0 Å². The lowest BCUT2D eigenvalue weighted by Crippen LogP contribution is -2.11. The molecule has 0 unspecified atom stereocenters. The Morgan fingerprint density at radius 1 is 1.29 bits per heavy atom. The number of hydrazone groups is 1. The van der Waals surface area contributed by atoms with E-state index < -0.39 is 0 Å². The van der Waals surface area contributed by atoms with Crippen LogP contribution < -0.4 is 15.7 Å². The number of anilines is 1. The van der Waals surface area contributed by atoms with Crippen LogP contribution in [0.2, 0.25) is 0 Å². The number of aromatic nitrogens is 4. The van der Waals surface area contributed by atoms with Crippen molar-refractivity contribution in [3.8, 4) is 5.75 Å². The van der Waals surface area contributed by atoms with Gasteiger partial charge in [0.2, 0.25) is 5.95 Å². The zero-order valence-electron chi connectivity index (χ0n) is 15.8. The lowest BCUT2D eigenvalue weighted by molar-refractivity contribution is 0.411. The fraction of sp³-hybridized carbons (Fsp3) is 0.211. The zero-order chi connectivity index (χ0) is 19.9. The summed E-state index contributed by atoms with van der Waals surface area (Å²) in [7, 11) is 1.64. The van der Waals surface area contributed by atoms with Gasteiger partial charge in [-0.3, -0.25) is 9.78 Å². The summed E-state index contributed by atoms with van der Waals surface area (Å²) >= 11 is 1.53. The second-order valence-electron chi connectivity index (χ2n) is 5.89. The fourth-order valence-corrected chi connectivity index (χ4v) is 3.23. The van der Waals surface area contributed by atoms with Gasteiger partial charge < -0.3 is 4.74 Å². The molecule has 0 aliphatic carbocycles. The van der Waals surface area contributed by atoms with Crippen molar-refractivity contribution in [3.63, 3.8) is 0 Å². The van der Waals surface area contributed by atoms with E-state index in [4.69, 9.17) is 4.74 Å². The first-order valence-corrected chi connectivity index (χ1v) is 9.49. The second-order valence-corrected chi connectivity index (χ2v) is 6.83. The van der Waals surface area contributed by atoms with Crippen molar-refractivity contribution < 1.29 is 4.74 Å². The largest absolute Gasteiger partial charge is 0.496 e. The van der Waals surface area contributed by atoms with Gasteiger partial charge in [0.1, 0.15) is 5.75 Å². The Morgan fingerprint density at radius 3 is 2.79 bits per heavy atom. The van der Waals surface area contributed by atoms with E-state index in [1.807, 2.05) is 25.1 Å². The van der Waals surface area contributed by atoms with Crippen molar-refractivity contribution in [2.24, 2.45) is 5.10 Å². The van der Waals surface area contributed by atoms with Gasteiger partial charge in [0.25, 0.3) is 5.56 Å². The third-order valence-corrected chi connectivity index (χ3v) is 4.72. The number of hydrogen-bond donors (Lipinski definition) is 2. The van der Waals surface area contributed by atoms with Gasteiger partial charge in [0.15, 0.2) is 5.16 Å². The molecule has 2 heterocycles. The average molecular weight is 396 g/mol. The monoisotopic (exact) mass is 396 g/mol. The number of ether oxygens (including phenoxy) is 1. The highest BCUT2D eigenvalue weighted by Crippen LogP contribution is 2.27. The van der Waals surface area contributed by atoms with Crippen LogP contribution in [0, 0.1) is 6.92 Å². The first-order valence-electron chi connectivity index (χ1n) is 8.50. The third-order valence-electron chi connectivity index (χ3n) is 3.80. The molecular formula is C19H20N6O2S. The molecule has 0 amide bonds. The molecule has 1 aromatic carbocycles. The summed E-state index contributed by atoms with van der Waals surface area (Å²) in [5.41, 5.74) is 5.86. The molecule has 2 aromatic heterocycles. The molecule has 8 nitrogen and oxygen atoms in total. The molecule has 0 saturated heterocycles. The van der Waals surface area contributed by atoms with Gasteiger partial charge >= 0.3 is 0 Å². The summed E-state index contributed by atoms with van der Waals surface area (Å²) in [5.74, 6) is 1.75. The van der Waals surface area contributed by atoms with Crippen molar-refractivity contribution >= 4 is 23.4 Å². The number of thioether (sulfide) groups is 1. The Labute approximate surface area is 166 Å². The number of H-pyrrole nitrogens is 1. The van der Waals surface area contributed by atoms with Gasteiger partial charge in [0.05, 0.1) is 12.8 Å². The minimum Gasteiger partial charge on any atom is -0.496 e. The predicted molar refractivity (Wildman–Crippen MR) is 110 cm³/mol. The summed E-state index contributed by atoms with van der Waals surface area (Å²) in [5, 5.41) is 5.03. The van der Waals surface area contributed by atoms with Crippen molar-refractivity contribution in [1.82, 2.24) is 19.9 Å². The standard InChI is InChI=1S/C19H20N6O2S/c1-12-9-17(26)23-18(22-12)25-24-13(2)14-5-6-16(27-3)15(10-14)11-28-19-20-7-4-8-21-19/h4-10H,11H2,1-3H3,(H2,22,23,25,26)/b24-13-. The summed E-state index contributed by atoms with van der Waals surface area (Å²) in [6.07, 6.45) is 3.43. The Morgan fingerprint density at radius 2 is 2.07 bits per heavy atom. The number of nitrogens with zero attached hydrogens (tertiary/aromatic N) is 4. The van der Waals surface area contributed by atoms with E-state index in [9.17, 15) is 4.79 Å². The van der Waals surface area contributed by atoms with E-state index in [1.165, 1.54) is 17.8 Å². The van der Waals surface area contributed by atoms with E-state index in [0.29, 0.717) is 22.6 Å². The van der Waals surface area contributed by atoms with Crippen molar-refractivity contribution in [2.75, 3.05) is 12.5 Å². The zero-order valence-corrected chi connectivity index (χ0v) is 16.6. The van der Waals surface area contributed by atoms with E-state index in [-0.39, 0.29) is 5.56 Å². The minimum absolute atomic E-state index is 0.227. The normalized spacial score (nSPS) is 11.3. The number of aromatic amines is 1. The summed E-state index contributed by atoms with van der Waals surface area (Å²) in [6, 6.07) is 9.06. The number of nitrogens with one attached hydrogen (secondary N) is 2. The molecule has 0 spiro atoms. The van der Waals surface area contributed by atoms with Gasteiger partial charge in [-0.25, -0.2) is 20.4 Å². The van der Waals surface area contributed by atoms with Crippen LogP contribution in [0.1, 0.15) is 23.7 Å². The highest BCUT2D eigenvalue weighted by Gasteiger charge is 2.08. The molecule has 144 valence electrons. The predicted octanol–water partition coefficient (Wildman–Crippen LogP) is 3.01. The van der Waals surface area contributed by atoms with Crippen LogP contribution in [-0.2, 0) is 5.75 Å². The Bertz CT molecular complexity index is 1040. The summed E-state index contributed by atoms with van der Waals surface area (Å²) in [6.45, 7) is 3.63. The van der Waals surface area contributed by atoms with Gasteiger partial charge in [-0.1, -0.05) is 11.8 Å². The molecule has 0 aliphatic rings. The molecule has 0 aliphatic heterocycles. The Kier molecular flexibility index (Phi) is 6.38. The number of benzene rings is 1. The first kappa shape index (κ1) is 19.6. The highest BCUT2D eigenvalue weighted by molar-refractivity contribution is 7.98. The molecule has 2 N–H and O–H groups in total. The molecule has 0 saturated carbocycles. The van der Waals surface area contributed by atoms with Crippen LogP contribution in [0.15, 0.2) is 57.8 Å². The van der Waals surface area contributed by atoms with Crippen LogP contribution in [0.4, 0.5) is 5.95 Å². The molecule has 0 bridgehead atoms. The van der Waals surface area contributed by atoms with Gasteiger partial charge in [-0.05, 0) is 43.7 Å². The molecule has 9 heteroatoms. The lowest BCUT2D eigenvalue weighted by Gasteiger charge is -2.10. The number of hydrogen-bond acceptors (Lipinski definition) is 8. The quantitative estimate of drug-likeness (QED) is 0.274. The van der Waals surface area contributed by atoms with Crippen molar-refractivity contribution in [1.29, 1.82) is 0 Å². The van der Waals surface area contributed by atoms with Crippen LogP contribution in [0.25, 0.3) is 0 Å². The number of aryl methyl sites for hydroxylation is 1.